The molecule has 3 rings (SSSR count). The molecule has 0 saturated heterocycles. The molecule has 1 heterocycles. The first-order valence-corrected chi connectivity index (χ1v) is 10.9. The normalized spacial score (nSPS) is 12.0. The highest BCUT2D eigenvalue weighted by Gasteiger charge is 2.22. The van der Waals surface area contributed by atoms with E-state index in [4.69, 9.17) is 17.0 Å². The highest BCUT2D eigenvalue weighted by atomic mass is 32.1. The van der Waals surface area contributed by atoms with Crippen LogP contribution in [0.5, 0.6) is 11.5 Å². The van der Waals surface area contributed by atoms with Crippen LogP contribution in [0.15, 0.2) is 42.5 Å². The zero-order chi connectivity index (χ0) is 22.1. The van der Waals surface area contributed by atoms with E-state index in [0.29, 0.717) is 4.77 Å². The van der Waals surface area contributed by atoms with Crippen LogP contribution in [0.1, 0.15) is 71.4 Å². The third-order valence-corrected chi connectivity index (χ3v) is 5.22. The summed E-state index contributed by atoms with van der Waals surface area (Å²) in [5, 5.41) is 8.82. The average Bonchev–Trinajstić information content (AvgIpc) is 3.00. The minimum Gasteiger partial charge on any atom is -0.457 e. The van der Waals surface area contributed by atoms with E-state index in [1.807, 2.05) is 39.7 Å². The molecule has 0 unspecified atom stereocenters. The van der Waals surface area contributed by atoms with Crippen LogP contribution in [-0.4, -0.2) is 19.8 Å². The SMILES string of the molecule is CC(C)c1cc(Oc2ccccc2)cc(C(C)C)c1-n1nnn(CC(C)(C)C)c1=S. The number of rotatable bonds is 6. The van der Waals surface area contributed by atoms with E-state index < -0.39 is 0 Å². The van der Waals surface area contributed by atoms with Gasteiger partial charge in [-0.05, 0) is 75.3 Å². The van der Waals surface area contributed by atoms with Crippen molar-refractivity contribution in [2.24, 2.45) is 5.41 Å². The van der Waals surface area contributed by atoms with E-state index in [1.165, 1.54) is 0 Å². The van der Waals surface area contributed by atoms with Crippen LogP contribution < -0.4 is 4.74 Å². The molecule has 2 aromatic carbocycles. The smallest absolute Gasteiger partial charge is 0.220 e. The maximum atomic E-state index is 6.18. The van der Waals surface area contributed by atoms with Crippen LogP contribution in [0.3, 0.4) is 0 Å². The summed E-state index contributed by atoms with van der Waals surface area (Å²) in [4.78, 5) is 0. The molecule has 0 N–H and O–H groups in total. The summed E-state index contributed by atoms with van der Waals surface area (Å²) in [5.41, 5.74) is 3.37. The minimum atomic E-state index is 0.0637. The first-order chi connectivity index (χ1) is 14.1. The van der Waals surface area contributed by atoms with Crippen molar-refractivity contribution >= 4 is 12.2 Å². The predicted octanol–water partition coefficient (Wildman–Crippen LogP) is 6.88. The van der Waals surface area contributed by atoms with Gasteiger partial charge in [0.05, 0.1) is 12.2 Å². The topological polar surface area (TPSA) is 44.9 Å². The van der Waals surface area contributed by atoms with Gasteiger partial charge in [0.25, 0.3) is 0 Å². The van der Waals surface area contributed by atoms with Gasteiger partial charge < -0.3 is 4.74 Å². The van der Waals surface area contributed by atoms with Crippen LogP contribution in [-0.2, 0) is 6.54 Å². The number of benzene rings is 2. The number of hydrogen-bond donors (Lipinski definition) is 0. The summed E-state index contributed by atoms with van der Waals surface area (Å²) < 4.78 is 10.4. The Morgan fingerprint density at radius 2 is 1.47 bits per heavy atom. The van der Waals surface area contributed by atoms with Gasteiger partial charge in [-0.2, -0.15) is 4.68 Å². The maximum Gasteiger partial charge on any atom is 0.220 e. The summed E-state index contributed by atoms with van der Waals surface area (Å²) in [6.45, 7) is 15.9. The molecule has 0 fully saturated rings. The Balaban J connectivity index is 2.16. The van der Waals surface area contributed by atoms with Gasteiger partial charge in [0, 0.05) is 0 Å². The van der Waals surface area contributed by atoms with Crippen LogP contribution >= 0.6 is 12.2 Å². The lowest BCUT2D eigenvalue weighted by molar-refractivity contribution is 0.319. The van der Waals surface area contributed by atoms with Crippen LogP contribution in [0.4, 0.5) is 0 Å². The third-order valence-electron chi connectivity index (χ3n) is 4.84. The number of nitrogens with zero attached hydrogens (tertiary/aromatic N) is 4. The Bertz CT molecular complexity index is 1030. The molecule has 5 nitrogen and oxygen atoms in total. The molecule has 160 valence electrons. The lowest BCUT2D eigenvalue weighted by Gasteiger charge is -2.21. The summed E-state index contributed by atoms with van der Waals surface area (Å²) >= 11 is 5.78. The van der Waals surface area contributed by atoms with Crippen molar-refractivity contribution in [3.63, 3.8) is 0 Å². The van der Waals surface area contributed by atoms with Gasteiger partial charge in [-0.25, -0.2) is 4.68 Å². The third kappa shape index (κ3) is 4.98. The summed E-state index contributed by atoms with van der Waals surface area (Å²) in [7, 11) is 0. The molecule has 6 heteroatoms. The summed E-state index contributed by atoms with van der Waals surface area (Å²) in [6.07, 6.45) is 0. The average molecular weight is 425 g/mol. The fraction of sp³-hybridized carbons (Fsp3) is 0.458. The second-order valence-electron chi connectivity index (χ2n) is 9.57. The highest BCUT2D eigenvalue weighted by Crippen LogP contribution is 2.36. The second-order valence-corrected chi connectivity index (χ2v) is 9.93. The fourth-order valence-corrected chi connectivity index (χ4v) is 3.65. The van der Waals surface area contributed by atoms with E-state index in [0.717, 1.165) is 34.9 Å². The Morgan fingerprint density at radius 3 is 1.97 bits per heavy atom. The molecule has 0 amide bonds. The zero-order valence-corrected chi connectivity index (χ0v) is 19.8. The quantitative estimate of drug-likeness (QED) is 0.404. The number of ether oxygens (including phenoxy) is 1. The number of hydrogen-bond acceptors (Lipinski definition) is 4. The number of aromatic nitrogens is 4. The second kappa shape index (κ2) is 8.72. The first-order valence-electron chi connectivity index (χ1n) is 10.5. The molecule has 0 aliphatic rings. The predicted molar refractivity (Wildman–Crippen MR) is 124 cm³/mol. The van der Waals surface area contributed by atoms with E-state index in [9.17, 15) is 0 Å². The van der Waals surface area contributed by atoms with Crippen molar-refractivity contribution in [1.82, 2.24) is 19.8 Å². The van der Waals surface area contributed by atoms with Crippen molar-refractivity contribution in [3.8, 4) is 17.2 Å². The molecular weight excluding hydrogens is 392 g/mol. The molecular formula is C24H32N4OS. The molecule has 3 aromatic rings. The van der Waals surface area contributed by atoms with Gasteiger partial charge in [-0.15, -0.1) is 0 Å². The van der Waals surface area contributed by atoms with E-state index >= 15 is 0 Å². The van der Waals surface area contributed by atoms with Crippen LogP contribution in [0.2, 0.25) is 0 Å². The highest BCUT2D eigenvalue weighted by molar-refractivity contribution is 7.71. The molecule has 0 aliphatic heterocycles. The molecule has 0 aliphatic carbocycles. The maximum absolute atomic E-state index is 6.18. The van der Waals surface area contributed by atoms with Crippen LogP contribution in [0, 0.1) is 10.2 Å². The molecule has 30 heavy (non-hydrogen) atoms. The minimum absolute atomic E-state index is 0.0637. The molecule has 0 bridgehead atoms. The Kier molecular flexibility index (Phi) is 6.46. The van der Waals surface area contributed by atoms with Gasteiger partial charge in [-0.1, -0.05) is 66.7 Å². The zero-order valence-electron chi connectivity index (χ0n) is 19.0. The molecule has 0 radical (unpaired) electrons. The van der Waals surface area contributed by atoms with Crippen LogP contribution in [0.25, 0.3) is 5.69 Å². The summed E-state index contributed by atoms with van der Waals surface area (Å²) in [5.74, 6) is 2.19. The van der Waals surface area contributed by atoms with Gasteiger partial charge >= 0.3 is 0 Å². The van der Waals surface area contributed by atoms with Crippen molar-refractivity contribution in [1.29, 1.82) is 0 Å². The van der Waals surface area contributed by atoms with Crippen molar-refractivity contribution in [3.05, 3.63) is 58.4 Å². The van der Waals surface area contributed by atoms with Crippen molar-refractivity contribution in [2.75, 3.05) is 0 Å². The Morgan fingerprint density at radius 1 is 0.900 bits per heavy atom. The van der Waals surface area contributed by atoms with Crippen molar-refractivity contribution < 1.29 is 4.74 Å². The molecule has 0 spiro atoms. The first kappa shape index (κ1) is 22.2. The largest absolute Gasteiger partial charge is 0.457 e. The van der Waals surface area contributed by atoms with Gasteiger partial charge in [-0.3, -0.25) is 0 Å². The van der Waals surface area contributed by atoms with Gasteiger partial charge in [0.1, 0.15) is 11.5 Å². The molecule has 0 saturated carbocycles. The monoisotopic (exact) mass is 424 g/mol. The molecule has 0 atom stereocenters. The van der Waals surface area contributed by atoms with E-state index in [2.05, 4.69) is 71.0 Å². The standard InChI is InChI=1S/C24H32N4OS/c1-16(2)20-13-19(29-18-11-9-8-10-12-18)14-21(17(3)4)22(20)28-23(30)27(25-26-28)15-24(5,6)7/h8-14,16-17H,15H2,1-7H3. The molecule has 1 aromatic heterocycles. The Hall–Kier alpha value is -2.47. The number of para-hydroxylation sites is 1. The Labute approximate surface area is 184 Å². The fourth-order valence-electron chi connectivity index (χ4n) is 3.42. The van der Waals surface area contributed by atoms with Crippen molar-refractivity contribution in [2.45, 2.75) is 66.8 Å². The van der Waals surface area contributed by atoms with E-state index in [-0.39, 0.29) is 17.3 Å². The van der Waals surface area contributed by atoms with Gasteiger partial charge in [0.15, 0.2) is 0 Å². The number of tetrazole rings is 1. The lowest BCUT2D eigenvalue weighted by Crippen LogP contribution is -2.17. The van der Waals surface area contributed by atoms with Gasteiger partial charge in [0.2, 0.25) is 4.77 Å². The lowest BCUT2D eigenvalue weighted by atomic mass is 9.92. The summed E-state index contributed by atoms with van der Waals surface area (Å²) in [6, 6.07) is 14.1. The van der Waals surface area contributed by atoms with E-state index in [1.54, 1.807) is 0 Å².